The molecule has 128 valence electrons. The van der Waals surface area contributed by atoms with Crippen molar-refractivity contribution >= 4 is 17.7 Å². The van der Waals surface area contributed by atoms with Gasteiger partial charge in [-0.3, -0.25) is 9.59 Å². The van der Waals surface area contributed by atoms with Gasteiger partial charge in [-0.15, -0.1) is 0 Å². The van der Waals surface area contributed by atoms with E-state index in [0.717, 1.165) is 18.2 Å². The molecule has 2 N–H and O–H groups in total. The monoisotopic (exact) mass is 357 g/mol. The number of thioether (sulfide) groups is 1. The number of H-pyrrole nitrogens is 1. The molecule has 1 unspecified atom stereocenters. The number of aromatic amines is 1. The Hall–Kier alpha value is -2.29. The van der Waals surface area contributed by atoms with Crippen LogP contribution in [0, 0.1) is 0 Å². The Kier molecular flexibility index (Phi) is 5.33. The van der Waals surface area contributed by atoms with E-state index in [-0.39, 0.29) is 5.69 Å². The van der Waals surface area contributed by atoms with Crippen LogP contribution >= 0.6 is 11.8 Å². The van der Waals surface area contributed by atoms with E-state index in [1.54, 1.807) is 13.2 Å². The summed E-state index contributed by atoms with van der Waals surface area (Å²) in [6, 6.07) is 5.02. The van der Waals surface area contributed by atoms with Gasteiger partial charge in [0.05, 0.1) is 11.6 Å². The lowest BCUT2D eigenvalue weighted by Gasteiger charge is -2.15. The molecule has 0 saturated heterocycles. The Morgan fingerprint density at radius 2 is 1.92 bits per heavy atom. The first-order valence-electron chi connectivity index (χ1n) is 6.84. The number of hydrogen-bond donors (Lipinski definition) is 2. The van der Waals surface area contributed by atoms with E-state index in [1.165, 1.54) is 23.9 Å². The Bertz CT molecular complexity index is 788. The fourth-order valence-corrected chi connectivity index (χ4v) is 2.36. The fourth-order valence-electron chi connectivity index (χ4n) is 1.96. The number of carbonyl (C=O) groups is 1. The molecule has 0 bridgehead atoms. The minimum Gasteiger partial charge on any atom is -0.344 e. The Labute approximate surface area is 139 Å². The van der Waals surface area contributed by atoms with E-state index in [0.29, 0.717) is 10.7 Å². The molecule has 1 heterocycles. The summed E-state index contributed by atoms with van der Waals surface area (Å²) in [5, 5.41) is 2.91. The highest BCUT2D eigenvalue weighted by Crippen LogP contribution is 2.29. The van der Waals surface area contributed by atoms with Crippen LogP contribution in [0.3, 0.4) is 0 Å². The SMILES string of the molecule is CSc1nc(C(=O)NC(C)c2ccc(C(F)(F)F)cc2)cc(=O)[nH]1. The Morgan fingerprint density at radius 3 is 2.46 bits per heavy atom. The zero-order valence-electron chi connectivity index (χ0n) is 12.8. The zero-order chi connectivity index (χ0) is 17.9. The predicted molar refractivity (Wildman–Crippen MR) is 84.0 cm³/mol. The molecule has 0 radical (unpaired) electrons. The first kappa shape index (κ1) is 18.1. The number of aromatic nitrogens is 2. The second-order valence-electron chi connectivity index (χ2n) is 4.95. The summed E-state index contributed by atoms with van der Waals surface area (Å²) in [6.07, 6.45) is -2.71. The molecule has 0 aliphatic heterocycles. The lowest BCUT2D eigenvalue weighted by molar-refractivity contribution is -0.137. The maximum atomic E-state index is 12.5. The van der Waals surface area contributed by atoms with Crippen LogP contribution in [0.5, 0.6) is 0 Å². The fraction of sp³-hybridized carbons (Fsp3) is 0.267. The third-order valence-corrected chi connectivity index (χ3v) is 3.81. The second-order valence-corrected chi connectivity index (χ2v) is 5.75. The highest BCUT2D eigenvalue weighted by molar-refractivity contribution is 7.98. The topological polar surface area (TPSA) is 74.8 Å². The number of alkyl halides is 3. The van der Waals surface area contributed by atoms with Gasteiger partial charge in [0.2, 0.25) is 0 Å². The molecule has 0 fully saturated rings. The van der Waals surface area contributed by atoms with E-state index in [9.17, 15) is 22.8 Å². The highest BCUT2D eigenvalue weighted by atomic mass is 32.2. The van der Waals surface area contributed by atoms with Crippen LogP contribution < -0.4 is 10.9 Å². The van der Waals surface area contributed by atoms with Crippen molar-refractivity contribution in [3.8, 4) is 0 Å². The molecule has 9 heteroatoms. The van der Waals surface area contributed by atoms with Gasteiger partial charge in [-0.25, -0.2) is 4.98 Å². The van der Waals surface area contributed by atoms with Crippen LogP contribution in [-0.4, -0.2) is 22.1 Å². The van der Waals surface area contributed by atoms with Gasteiger partial charge in [0.15, 0.2) is 5.16 Å². The second kappa shape index (κ2) is 7.08. The van der Waals surface area contributed by atoms with Crippen LogP contribution in [0.1, 0.15) is 34.6 Å². The van der Waals surface area contributed by atoms with E-state index in [4.69, 9.17) is 0 Å². The zero-order valence-corrected chi connectivity index (χ0v) is 13.6. The average Bonchev–Trinajstić information content (AvgIpc) is 2.53. The third kappa shape index (κ3) is 4.38. The third-order valence-electron chi connectivity index (χ3n) is 3.23. The summed E-state index contributed by atoms with van der Waals surface area (Å²) in [4.78, 5) is 30.1. The lowest BCUT2D eigenvalue weighted by atomic mass is 10.1. The molecule has 1 aromatic carbocycles. The first-order chi connectivity index (χ1) is 11.2. The summed E-state index contributed by atoms with van der Waals surface area (Å²) >= 11 is 1.18. The highest BCUT2D eigenvalue weighted by Gasteiger charge is 2.30. The van der Waals surface area contributed by atoms with Crippen molar-refractivity contribution in [2.24, 2.45) is 0 Å². The van der Waals surface area contributed by atoms with Crippen molar-refractivity contribution in [3.05, 3.63) is 57.5 Å². The molecule has 0 spiro atoms. The summed E-state index contributed by atoms with van der Waals surface area (Å²) in [7, 11) is 0. The van der Waals surface area contributed by atoms with Crippen LogP contribution in [0.25, 0.3) is 0 Å². The van der Waals surface area contributed by atoms with Crippen molar-refractivity contribution in [2.45, 2.75) is 24.3 Å². The van der Waals surface area contributed by atoms with Gasteiger partial charge in [-0.2, -0.15) is 13.2 Å². The lowest BCUT2D eigenvalue weighted by Crippen LogP contribution is -2.29. The average molecular weight is 357 g/mol. The number of hydrogen-bond acceptors (Lipinski definition) is 4. The quantitative estimate of drug-likeness (QED) is 0.652. The van der Waals surface area contributed by atoms with Gasteiger partial charge in [-0.1, -0.05) is 23.9 Å². The number of nitrogens with zero attached hydrogens (tertiary/aromatic N) is 1. The van der Waals surface area contributed by atoms with Crippen molar-refractivity contribution in [1.29, 1.82) is 0 Å². The summed E-state index contributed by atoms with van der Waals surface area (Å²) in [5.74, 6) is -0.580. The van der Waals surface area contributed by atoms with Crippen molar-refractivity contribution in [1.82, 2.24) is 15.3 Å². The van der Waals surface area contributed by atoms with Crippen LogP contribution in [-0.2, 0) is 6.18 Å². The summed E-state index contributed by atoms with van der Waals surface area (Å²) < 4.78 is 37.6. The molecule has 1 atom stereocenters. The van der Waals surface area contributed by atoms with Gasteiger partial charge < -0.3 is 10.3 Å². The molecule has 1 amide bonds. The standard InChI is InChI=1S/C15H14F3N3O2S/c1-8(9-3-5-10(6-4-9)15(16,17)18)19-13(23)11-7-12(22)21-14(20-11)24-2/h3-8H,1-2H3,(H,19,23)(H,20,21,22). The Morgan fingerprint density at radius 1 is 1.29 bits per heavy atom. The molecular weight excluding hydrogens is 343 g/mol. The molecular formula is C15H14F3N3O2S. The first-order valence-corrected chi connectivity index (χ1v) is 8.06. The smallest absolute Gasteiger partial charge is 0.344 e. The normalized spacial score (nSPS) is 12.7. The maximum Gasteiger partial charge on any atom is 0.416 e. The maximum absolute atomic E-state index is 12.5. The van der Waals surface area contributed by atoms with Crippen LogP contribution in [0.2, 0.25) is 0 Å². The number of benzene rings is 1. The predicted octanol–water partition coefficient (Wildman–Crippen LogP) is 3.00. The van der Waals surface area contributed by atoms with Gasteiger partial charge >= 0.3 is 6.18 Å². The largest absolute Gasteiger partial charge is 0.416 e. The van der Waals surface area contributed by atoms with Crippen molar-refractivity contribution in [2.75, 3.05) is 6.26 Å². The number of rotatable bonds is 4. The molecule has 24 heavy (non-hydrogen) atoms. The molecule has 5 nitrogen and oxygen atoms in total. The minimum absolute atomic E-state index is 0.0538. The van der Waals surface area contributed by atoms with E-state index >= 15 is 0 Å². The number of halogens is 3. The van der Waals surface area contributed by atoms with Gasteiger partial charge in [0.25, 0.3) is 11.5 Å². The van der Waals surface area contributed by atoms with Crippen LogP contribution in [0.4, 0.5) is 13.2 Å². The summed E-state index contributed by atoms with van der Waals surface area (Å²) in [6.45, 7) is 1.63. The van der Waals surface area contributed by atoms with Gasteiger partial charge in [-0.05, 0) is 30.9 Å². The molecule has 2 rings (SSSR count). The van der Waals surface area contributed by atoms with Gasteiger partial charge in [0.1, 0.15) is 5.69 Å². The van der Waals surface area contributed by atoms with Crippen molar-refractivity contribution in [3.63, 3.8) is 0 Å². The van der Waals surface area contributed by atoms with Crippen LogP contribution in [0.15, 0.2) is 40.3 Å². The van der Waals surface area contributed by atoms with E-state index in [2.05, 4.69) is 15.3 Å². The number of amides is 1. The van der Waals surface area contributed by atoms with E-state index < -0.39 is 29.2 Å². The number of carbonyl (C=O) groups excluding carboxylic acids is 1. The van der Waals surface area contributed by atoms with Gasteiger partial charge in [0, 0.05) is 6.07 Å². The molecule has 0 saturated carbocycles. The molecule has 2 aromatic rings. The van der Waals surface area contributed by atoms with E-state index in [1.807, 2.05) is 0 Å². The summed E-state index contributed by atoms with van der Waals surface area (Å²) in [5.41, 5.74) is -0.763. The molecule has 0 aliphatic carbocycles. The minimum atomic E-state index is -4.41. The number of nitrogens with one attached hydrogen (secondary N) is 2. The Balaban J connectivity index is 2.14. The molecule has 0 aliphatic rings. The van der Waals surface area contributed by atoms with Crippen molar-refractivity contribution < 1.29 is 18.0 Å². The molecule has 1 aromatic heterocycles.